The molecule has 0 saturated carbocycles. The van der Waals surface area contributed by atoms with Crippen molar-refractivity contribution in [1.29, 1.82) is 0 Å². The Morgan fingerprint density at radius 2 is 1.88 bits per heavy atom. The van der Waals surface area contributed by atoms with E-state index in [0.29, 0.717) is 18.2 Å². The predicted octanol–water partition coefficient (Wildman–Crippen LogP) is 2.78. The first-order valence-electron chi connectivity index (χ1n) is 8.98. The third-order valence-electron chi connectivity index (χ3n) is 4.04. The Balaban J connectivity index is 2.16. The minimum Gasteiger partial charge on any atom is -0.477 e. The van der Waals surface area contributed by atoms with Crippen LogP contribution in [0, 0.1) is 0 Å². The van der Waals surface area contributed by atoms with Crippen molar-refractivity contribution >= 4 is 5.69 Å². The Morgan fingerprint density at radius 1 is 1.16 bits per heavy atom. The van der Waals surface area contributed by atoms with Gasteiger partial charge in [0.2, 0.25) is 5.88 Å². The predicted molar refractivity (Wildman–Crippen MR) is 102 cm³/mol. The third kappa shape index (κ3) is 5.32. The van der Waals surface area contributed by atoms with E-state index in [-0.39, 0.29) is 5.56 Å². The molecular formula is C19H28N4O2. The summed E-state index contributed by atoms with van der Waals surface area (Å²) in [4.78, 5) is 15.1. The molecule has 0 aliphatic heterocycles. The lowest BCUT2D eigenvalue weighted by atomic mass is 10.3. The van der Waals surface area contributed by atoms with E-state index in [4.69, 9.17) is 4.74 Å². The van der Waals surface area contributed by atoms with Gasteiger partial charge in [0.15, 0.2) is 0 Å². The molecule has 0 fully saturated rings. The SMILES string of the molecule is CCOc1cc(NCCCN(CC)CC)c(=O)n(-c2ccccc2)n1. The van der Waals surface area contributed by atoms with Crippen LogP contribution in [-0.2, 0) is 0 Å². The fourth-order valence-electron chi connectivity index (χ4n) is 2.63. The van der Waals surface area contributed by atoms with E-state index in [0.717, 1.165) is 38.3 Å². The molecule has 2 aromatic rings. The molecule has 1 aromatic carbocycles. The summed E-state index contributed by atoms with van der Waals surface area (Å²) in [7, 11) is 0. The third-order valence-corrected chi connectivity index (χ3v) is 4.04. The van der Waals surface area contributed by atoms with Crippen molar-refractivity contribution in [3.05, 3.63) is 46.8 Å². The molecule has 0 amide bonds. The minimum absolute atomic E-state index is 0.169. The average molecular weight is 344 g/mol. The Kier molecular flexibility index (Phi) is 7.47. The maximum absolute atomic E-state index is 12.7. The van der Waals surface area contributed by atoms with Crippen molar-refractivity contribution in [1.82, 2.24) is 14.7 Å². The lowest BCUT2D eigenvalue weighted by Gasteiger charge is -2.18. The van der Waals surface area contributed by atoms with Crippen molar-refractivity contribution in [2.75, 3.05) is 38.1 Å². The molecule has 2 rings (SSSR count). The number of nitrogens with zero attached hydrogens (tertiary/aromatic N) is 3. The lowest BCUT2D eigenvalue weighted by Crippen LogP contribution is -2.28. The summed E-state index contributed by atoms with van der Waals surface area (Å²) in [5.74, 6) is 0.442. The van der Waals surface area contributed by atoms with Gasteiger partial charge in [-0.3, -0.25) is 4.79 Å². The first kappa shape index (κ1) is 19.0. The smallest absolute Gasteiger partial charge is 0.295 e. The van der Waals surface area contributed by atoms with Crippen molar-refractivity contribution in [2.45, 2.75) is 27.2 Å². The number of ether oxygens (including phenoxy) is 1. The summed E-state index contributed by atoms with van der Waals surface area (Å²) in [6, 6.07) is 11.1. The second-order valence-corrected chi connectivity index (χ2v) is 5.69. The molecule has 0 bridgehead atoms. The topological polar surface area (TPSA) is 59.4 Å². The van der Waals surface area contributed by atoms with Crippen molar-refractivity contribution in [3.8, 4) is 11.6 Å². The lowest BCUT2D eigenvalue weighted by molar-refractivity contribution is 0.303. The van der Waals surface area contributed by atoms with Gasteiger partial charge in [-0.15, -0.1) is 5.10 Å². The largest absolute Gasteiger partial charge is 0.477 e. The minimum atomic E-state index is -0.169. The second-order valence-electron chi connectivity index (χ2n) is 5.69. The van der Waals surface area contributed by atoms with Gasteiger partial charge in [0.1, 0.15) is 5.69 Å². The maximum Gasteiger partial charge on any atom is 0.295 e. The van der Waals surface area contributed by atoms with Crippen LogP contribution >= 0.6 is 0 Å². The van der Waals surface area contributed by atoms with E-state index < -0.39 is 0 Å². The molecule has 6 nitrogen and oxygen atoms in total. The van der Waals surface area contributed by atoms with E-state index in [9.17, 15) is 4.79 Å². The van der Waals surface area contributed by atoms with Crippen molar-refractivity contribution < 1.29 is 4.74 Å². The number of hydrogen-bond donors (Lipinski definition) is 1. The van der Waals surface area contributed by atoms with Crippen LogP contribution < -0.4 is 15.6 Å². The number of hydrogen-bond acceptors (Lipinski definition) is 5. The summed E-state index contributed by atoms with van der Waals surface area (Å²) < 4.78 is 6.91. The first-order chi connectivity index (χ1) is 12.2. The fraction of sp³-hybridized carbons (Fsp3) is 0.474. The zero-order valence-corrected chi connectivity index (χ0v) is 15.4. The van der Waals surface area contributed by atoms with E-state index in [1.54, 1.807) is 6.07 Å². The van der Waals surface area contributed by atoms with E-state index >= 15 is 0 Å². The molecule has 0 spiro atoms. The Labute approximate surface area is 149 Å². The summed E-state index contributed by atoms with van der Waals surface area (Å²) in [6.45, 7) is 10.5. The zero-order valence-electron chi connectivity index (χ0n) is 15.4. The quantitative estimate of drug-likeness (QED) is 0.672. The molecule has 0 radical (unpaired) electrons. The van der Waals surface area contributed by atoms with Crippen LogP contribution in [0.4, 0.5) is 5.69 Å². The van der Waals surface area contributed by atoms with Gasteiger partial charge in [0.05, 0.1) is 12.3 Å². The van der Waals surface area contributed by atoms with Crippen LogP contribution in [0.15, 0.2) is 41.2 Å². The maximum atomic E-state index is 12.7. The number of rotatable bonds is 10. The van der Waals surface area contributed by atoms with Gasteiger partial charge in [0, 0.05) is 12.6 Å². The molecule has 1 aromatic heterocycles. The van der Waals surface area contributed by atoms with Crippen LogP contribution in [0.1, 0.15) is 27.2 Å². The second kappa shape index (κ2) is 9.84. The van der Waals surface area contributed by atoms with Gasteiger partial charge < -0.3 is 15.0 Å². The molecule has 0 unspecified atom stereocenters. The number of para-hydroxylation sites is 1. The van der Waals surface area contributed by atoms with Crippen molar-refractivity contribution in [2.24, 2.45) is 0 Å². The molecule has 1 heterocycles. The van der Waals surface area contributed by atoms with Crippen LogP contribution in [0.2, 0.25) is 0 Å². The van der Waals surface area contributed by atoms with Gasteiger partial charge in [-0.1, -0.05) is 32.0 Å². The normalized spacial score (nSPS) is 10.9. The number of anilines is 1. The number of aromatic nitrogens is 2. The molecule has 136 valence electrons. The van der Waals surface area contributed by atoms with Crippen LogP contribution in [0.3, 0.4) is 0 Å². The molecule has 1 N–H and O–H groups in total. The highest BCUT2D eigenvalue weighted by molar-refractivity contribution is 5.46. The zero-order chi connectivity index (χ0) is 18.1. The van der Waals surface area contributed by atoms with Gasteiger partial charge in [-0.05, 0) is 45.1 Å². The first-order valence-corrected chi connectivity index (χ1v) is 8.98. The van der Waals surface area contributed by atoms with Crippen LogP contribution in [0.25, 0.3) is 5.69 Å². The molecule has 6 heteroatoms. The Morgan fingerprint density at radius 3 is 2.52 bits per heavy atom. The molecular weight excluding hydrogens is 316 g/mol. The Bertz CT molecular complexity index is 696. The van der Waals surface area contributed by atoms with Crippen LogP contribution in [0.5, 0.6) is 5.88 Å². The summed E-state index contributed by atoms with van der Waals surface area (Å²) in [6.07, 6.45) is 0.971. The Hall–Kier alpha value is -2.34. The van der Waals surface area contributed by atoms with Gasteiger partial charge in [0.25, 0.3) is 5.56 Å². The van der Waals surface area contributed by atoms with E-state index in [1.165, 1.54) is 4.68 Å². The van der Waals surface area contributed by atoms with Gasteiger partial charge in [-0.25, -0.2) is 0 Å². The summed E-state index contributed by atoms with van der Waals surface area (Å²) >= 11 is 0. The molecule has 0 saturated heterocycles. The highest BCUT2D eigenvalue weighted by Crippen LogP contribution is 2.13. The van der Waals surface area contributed by atoms with Crippen LogP contribution in [-0.4, -0.2) is 47.5 Å². The fourth-order valence-corrected chi connectivity index (χ4v) is 2.63. The van der Waals surface area contributed by atoms with E-state index in [2.05, 4.69) is 29.2 Å². The number of nitrogens with one attached hydrogen (secondary N) is 1. The molecule has 0 atom stereocenters. The molecule has 0 aliphatic rings. The molecule has 0 aliphatic carbocycles. The van der Waals surface area contributed by atoms with Gasteiger partial charge in [-0.2, -0.15) is 4.68 Å². The average Bonchev–Trinajstić information content (AvgIpc) is 2.65. The standard InChI is InChI=1S/C19H28N4O2/c1-4-22(5-2)14-10-13-20-17-15-18(25-6-3)21-23(19(17)24)16-11-8-7-9-12-16/h7-9,11-12,15,20H,4-6,10,13-14H2,1-3H3. The molecule has 25 heavy (non-hydrogen) atoms. The van der Waals surface area contributed by atoms with Crippen molar-refractivity contribution in [3.63, 3.8) is 0 Å². The van der Waals surface area contributed by atoms with E-state index in [1.807, 2.05) is 37.3 Å². The number of benzene rings is 1. The highest BCUT2D eigenvalue weighted by Gasteiger charge is 2.10. The van der Waals surface area contributed by atoms with Gasteiger partial charge >= 0.3 is 0 Å². The monoisotopic (exact) mass is 344 g/mol. The summed E-state index contributed by atoms with van der Waals surface area (Å²) in [5.41, 5.74) is 1.07. The summed E-state index contributed by atoms with van der Waals surface area (Å²) in [5, 5.41) is 7.56. The highest BCUT2D eigenvalue weighted by atomic mass is 16.5.